The zero-order chi connectivity index (χ0) is 20.1. The first-order valence-electron chi connectivity index (χ1n) is 8.59. The monoisotopic (exact) mass is 407 g/mol. The van der Waals surface area contributed by atoms with Gasteiger partial charge in [-0.05, 0) is 46.8 Å². The molecule has 4 aromatic rings. The molecular weight excluding hydrogens is 390 g/mol. The first kappa shape index (κ1) is 18.6. The second-order valence-electron chi connectivity index (χ2n) is 5.78. The van der Waals surface area contributed by atoms with E-state index in [4.69, 9.17) is 10.5 Å². The van der Waals surface area contributed by atoms with E-state index < -0.39 is 0 Å². The number of nitrogen functional groups attached to an aromatic ring is 1. The Morgan fingerprint density at radius 2 is 1.83 bits per heavy atom. The lowest BCUT2D eigenvalue weighted by molar-refractivity contribution is 0.415. The fraction of sp³-hybridized carbons (Fsp3) is 0.111. The first-order chi connectivity index (χ1) is 14.2. The molecule has 0 spiro atoms. The molecule has 0 saturated heterocycles. The van der Waals surface area contributed by atoms with Crippen molar-refractivity contribution in [3.63, 3.8) is 0 Å². The number of nitrogens with two attached hydrogens (primary N) is 1. The molecule has 0 amide bonds. The van der Waals surface area contributed by atoms with Crippen LogP contribution < -0.4 is 15.8 Å². The predicted octanol–water partition coefficient (Wildman–Crippen LogP) is 2.47. The number of aromatic nitrogens is 7. The molecule has 0 aliphatic carbocycles. The van der Waals surface area contributed by atoms with Crippen molar-refractivity contribution in [1.29, 1.82) is 0 Å². The largest absolute Gasteiger partial charge is 0.497 e. The number of tetrazole rings is 1. The predicted molar refractivity (Wildman–Crippen MR) is 109 cm³/mol. The Labute approximate surface area is 170 Å². The van der Waals surface area contributed by atoms with Crippen molar-refractivity contribution in [3.8, 4) is 11.4 Å². The maximum absolute atomic E-state index is 5.85. The van der Waals surface area contributed by atoms with Gasteiger partial charge in [0.05, 0.1) is 18.6 Å². The van der Waals surface area contributed by atoms with Gasteiger partial charge >= 0.3 is 0 Å². The Bertz CT molecular complexity index is 1090. The van der Waals surface area contributed by atoms with Gasteiger partial charge in [-0.25, -0.2) is 0 Å². The highest BCUT2D eigenvalue weighted by molar-refractivity contribution is 7.98. The highest BCUT2D eigenvalue weighted by Gasteiger charge is 2.11. The van der Waals surface area contributed by atoms with E-state index in [0.717, 1.165) is 17.1 Å². The summed E-state index contributed by atoms with van der Waals surface area (Å²) in [5, 5.41) is 15.6. The van der Waals surface area contributed by atoms with Crippen LogP contribution in [0.25, 0.3) is 5.69 Å². The number of nitrogens with zero attached hydrogens (tertiary/aromatic N) is 7. The summed E-state index contributed by atoms with van der Waals surface area (Å²) < 4.78 is 6.82. The third kappa shape index (κ3) is 4.58. The van der Waals surface area contributed by atoms with Gasteiger partial charge in [0.15, 0.2) is 0 Å². The molecule has 0 radical (unpaired) electrons. The van der Waals surface area contributed by atoms with Gasteiger partial charge in [-0.3, -0.25) is 0 Å². The van der Waals surface area contributed by atoms with Crippen molar-refractivity contribution in [1.82, 2.24) is 35.2 Å². The average molecular weight is 407 g/mol. The number of para-hydroxylation sites is 1. The molecule has 0 atom stereocenters. The highest BCUT2D eigenvalue weighted by atomic mass is 32.2. The zero-order valence-corrected chi connectivity index (χ0v) is 16.2. The molecule has 29 heavy (non-hydrogen) atoms. The number of methoxy groups -OCH3 is 1. The lowest BCUT2D eigenvalue weighted by Gasteiger charge is -2.08. The van der Waals surface area contributed by atoms with Crippen LogP contribution in [-0.4, -0.2) is 42.3 Å². The SMILES string of the molecule is COc1ccc(Nc2nc(N)nc(CSc3nnnn3-c3ccccc3)n2)cc1. The number of nitrogens with one attached hydrogen (secondary N) is 1. The molecule has 2 aromatic carbocycles. The molecule has 11 heteroatoms. The highest BCUT2D eigenvalue weighted by Crippen LogP contribution is 2.23. The Balaban J connectivity index is 1.48. The van der Waals surface area contributed by atoms with Crippen LogP contribution in [0.4, 0.5) is 17.6 Å². The zero-order valence-electron chi connectivity index (χ0n) is 15.4. The van der Waals surface area contributed by atoms with E-state index in [1.54, 1.807) is 11.8 Å². The van der Waals surface area contributed by atoms with E-state index in [-0.39, 0.29) is 5.95 Å². The summed E-state index contributed by atoms with van der Waals surface area (Å²) in [6, 6.07) is 17.1. The van der Waals surface area contributed by atoms with Crippen molar-refractivity contribution in [3.05, 3.63) is 60.4 Å². The van der Waals surface area contributed by atoms with Crippen LogP contribution in [0.2, 0.25) is 0 Å². The number of ether oxygens (including phenoxy) is 1. The summed E-state index contributed by atoms with van der Waals surface area (Å²) >= 11 is 1.40. The Hall–Kier alpha value is -3.73. The summed E-state index contributed by atoms with van der Waals surface area (Å²) in [6.45, 7) is 0. The van der Waals surface area contributed by atoms with Crippen molar-refractivity contribution in [2.24, 2.45) is 0 Å². The molecule has 10 nitrogen and oxygen atoms in total. The van der Waals surface area contributed by atoms with E-state index in [0.29, 0.717) is 22.7 Å². The minimum Gasteiger partial charge on any atom is -0.497 e. The molecule has 146 valence electrons. The number of rotatable bonds is 7. The fourth-order valence-electron chi connectivity index (χ4n) is 2.49. The minimum atomic E-state index is 0.134. The van der Waals surface area contributed by atoms with Gasteiger partial charge in [0.25, 0.3) is 0 Å². The van der Waals surface area contributed by atoms with Crippen molar-refractivity contribution in [2.75, 3.05) is 18.2 Å². The third-order valence-corrected chi connectivity index (χ3v) is 4.73. The Kier molecular flexibility index (Phi) is 5.47. The molecule has 0 saturated carbocycles. The van der Waals surface area contributed by atoms with Gasteiger partial charge in [0.2, 0.25) is 17.1 Å². The fourth-order valence-corrected chi connectivity index (χ4v) is 3.24. The topological polar surface area (TPSA) is 130 Å². The van der Waals surface area contributed by atoms with Gasteiger partial charge in [-0.1, -0.05) is 30.0 Å². The quantitative estimate of drug-likeness (QED) is 0.441. The Morgan fingerprint density at radius 3 is 2.59 bits per heavy atom. The summed E-state index contributed by atoms with van der Waals surface area (Å²) in [5.74, 6) is 2.20. The summed E-state index contributed by atoms with van der Waals surface area (Å²) in [6.07, 6.45) is 0. The van der Waals surface area contributed by atoms with E-state index in [1.165, 1.54) is 11.8 Å². The average Bonchev–Trinajstić information content (AvgIpc) is 3.22. The van der Waals surface area contributed by atoms with Gasteiger partial charge in [-0.15, -0.1) is 5.10 Å². The van der Waals surface area contributed by atoms with E-state index in [2.05, 4.69) is 35.8 Å². The summed E-state index contributed by atoms with van der Waals surface area (Å²) in [4.78, 5) is 12.8. The van der Waals surface area contributed by atoms with Crippen LogP contribution in [0.5, 0.6) is 5.75 Å². The standard InChI is InChI=1S/C18H17N9OS/c1-28-14-9-7-12(8-10-14)20-17-22-15(21-16(19)23-17)11-29-18-24-25-26-27(18)13-5-3-2-4-6-13/h2-10H,11H2,1H3,(H3,19,20,21,22,23). The Morgan fingerprint density at radius 1 is 1.03 bits per heavy atom. The van der Waals surface area contributed by atoms with E-state index in [1.807, 2.05) is 54.6 Å². The number of hydrogen-bond acceptors (Lipinski definition) is 10. The number of hydrogen-bond donors (Lipinski definition) is 2. The third-order valence-electron chi connectivity index (χ3n) is 3.82. The van der Waals surface area contributed by atoms with Gasteiger partial charge in [0.1, 0.15) is 11.6 Å². The van der Waals surface area contributed by atoms with Gasteiger partial charge in [0, 0.05) is 5.69 Å². The number of anilines is 3. The van der Waals surface area contributed by atoms with Crippen molar-refractivity contribution < 1.29 is 4.74 Å². The minimum absolute atomic E-state index is 0.134. The lowest BCUT2D eigenvalue weighted by atomic mass is 10.3. The molecule has 3 N–H and O–H groups in total. The molecule has 0 aliphatic heterocycles. The molecule has 0 fully saturated rings. The van der Waals surface area contributed by atoms with Crippen LogP contribution in [-0.2, 0) is 5.75 Å². The van der Waals surface area contributed by atoms with Crippen LogP contribution in [0.1, 0.15) is 5.82 Å². The smallest absolute Gasteiger partial charge is 0.232 e. The second kappa shape index (κ2) is 8.52. The van der Waals surface area contributed by atoms with Crippen LogP contribution in [0.15, 0.2) is 59.8 Å². The summed E-state index contributed by atoms with van der Waals surface area (Å²) in [7, 11) is 1.62. The molecule has 2 aromatic heterocycles. The van der Waals surface area contributed by atoms with E-state index >= 15 is 0 Å². The molecule has 0 bridgehead atoms. The van der Waals surface area contributed by atoms with Crippen LogP contribution >= 0.6 is 11.8 Å². The van der Waals surface area contributed by atoms with Crippen LogP contribution in [0, 0.1) is 0 Å². The molecule has 4 rings (SSSR count). The maximum Gasteiger partial charge on any atom is 0.232 e. The van der Waals surface area contributed by atoms with Gasteiger partial charge in [-0.2, -0.15) is 19.6 Å². The molecule has 0 unspecified atom stereocenters. The van der Waals surface area contributed by atoms with Crippen molar-refractivity contribution >= 4 is 29.3 Å². The summed E-state index contributed by atoms with van der Waals surface area (Å²) in [5.41, 5.74) is 7.53. The lowest BCUT2D eigenvalue weighted by Crippen LogP contribution is -2.07. The molecule has 2 heterocycles. The van der Waals surface area contributed by atoms with E-state index in [9.17, 15) is 0 Å². The molecule has 0 aliphatic rings. The maximum atomic E-state index is 5.85. The second-order valence-corrected chi connectivity index (χ2v) is 6.73. The normalized spacial score (nSPS) is 10.7. The van der Waals surface area contributed by atoms with Crippen molar-refractivity contribution in [2.45, 2.75) is 10.9 Å². The van der Waals surface area contributed by atoms with Crippen LogP contribution in [0.3, 0.4) is 0 Å². The molecular formula is C18H17N9OS. The number of thioether (sulfide) groups is 1. The first-order valence-corrected chi connectivity index (χ1v) is 9.58. The van der Waals surface area contributed by atoms with Gasteiger partial charge < -0.3 is 15.8 Å². The number of benzene rings is 2.